The molecule has 0 unspecified atom stereocenters. The molecule has 0 aromatic carbocycles. The number of carbonyl (C=O) groups is 1. The Labute approximate surface area is 115 Å². The van der Waals surface area contributed by atoms with Gasteiger partial charge in [-0.05, 0) is 13.3 Å². The molecule has 0 aliphatic carbocycles. The van der Waals surface area contributed by atoms with Crippen LogP contribution in [0.1, 0.15) is 69.4 Å². The number of aryl methyl sites for hydroxylation is 2. The number of Topliss-reactive ketones (excluding diaryl/α,β-unsaturated/α-hetero) is 1. The highest BCUT2D eigenvalue weighted by atomic mass is 16.2. The Morgan fingerprint density at radius 3 is 2.37 bits per heavy atom. The van der Waals surface area contributed by atoms with Gasteiger partial charge in [0, 0.05) is 17.7 Å². The average molecular weight is 266 g/mol. The maximum absolute atomic E-state index is 12.3. The van der Waals surface area contributed by atoms with Crippen molar-refractivity contribution in [3.8, 4) is 0 Å². The standard InChI is InChI=1S/C15H26N2O2/c1-6-7-8-9-10-17-14(19)12(11(2)16-17)13(18)15(3,4)5/h16H,6-10H2,1-5H3. The van der Waals surface area contributed by atoms with E-state index in [0.29, 0.717) is 17.8 Å². The first kappa shape index (κ1) is 15.7. The van der Waals surface area contributed by atoms with Gasteiger partial charge >= 0.3 is 0 Å². The minimum absolute atomic E-state index is 0.0847. The van der Waals surface area contributed by atoms with Gasteiger partial charge in [0.25, 0.3) is 5.56 Å². The van der Waals surface area contributed by atoms with E-state index in [0.717, 1.165) is 12.8 Å². The van der Waals surface area contributed by atoms with Gasteiger partial charge in [-0.25, -0.2) is 0 Å². The number of ketones is 1. The van der Waals surface area contributed by atoms with Crippen LogP contribution in [-0.2, 0) is 6.54 Å². The quantitative estimate of drug-likeness (QED) is 0.634. The molecule has 0 saturated heterocycles. The molecule has 0 aliphatic heterocycles. The van der Waals surface area contributed by atoms with Crippen LogP contribution < -0.4 is 5.56 Å². The van der Waals surface area contributed by atoms with E-state index in [-0.39, 0.29) is 11.3 Å². The van der Waals surface area contributed by atoms with E-state index in [2.05, 4.69) is 12.0 Å². The van der Waals surface area contributed by atoms with Crippen LogP contribution in [0.4, 0.5) is 0 Å². The lowest BCUT2D eigenvalue weighted by Crippen LogP contribution is -2.28. The number of hydrogen-bond acceptors (Lipinski definition) is 2. The minimum Gasteiger partial charge on any atom is -0.299 e. The van der Waals surface area contributed by atoms with E-state index < -0.39 is 5.41 Å². The fourth-order valence-electron chi connectivity index (χ4n) is 2.10. The number of H-pyrrole nitrogens is 1. The maximum Gasteiger partial charge on any atom is 0.277 e. The van der Waals surface area contributed by atoms with Crippen LogP contribution >= 0.6 is 0 Å². The van der Waals surface area contributed by atoms with Crippen LogP contribution in [0.15, 0.2) is 4.79 Å². The number of nitrogens with zero attached hydrogens (tertiary/aromatic N) is 1. The van der Waals surface area contributed by atoms with Gasteiger partial charge in [0.1, 0.15) is 5.56 Å². The molecule has 0 amide bonds. The van der Waals surface area contributed by atoms with E-state index in [1.807, 2.05) is 20.8 Å². The predicted octanol–water partition coefficient (Wildman–Crippen LogP) is 3.29. The third-order valence-corrected chi connectivity index (χ3v) is 3.28. The molecular weight excluding hydrogens is 240 g/mol. The first-order valence-electron chi connectivity index (χ1n) is 7.13. The van der Waals surface area contributed by atoms with Gasteiger partial charge < -0.3 is 0 Å². The molecule has 4 heteroatoms. The van der Waals surface area contributed by atoms with E-state index in [1.165, 1.54) is 12.8 Å². The van der Waals surface area contributed by atoms with Crippen LogP contribution in [0, 0.1) is 12.3 Å². The monoisotopic (exact) mass is 266 g/mol. The summed E-state index contributed by atoms with van der Waals surface area (Å²) >= 11 is 0. The van der Waals surface area contributed by atoms with Crippen molar-refractivity contribution in [2.24, 2.45) is 5.41 Å². The molecule has 0 atom stereocenters. The first-order valence-corrected chi connectivity index (χ1v) is 7.13. The Balaban J connectivity index is 2.89. The number of aromatic amines is 1. The largest absolute Gasteiger partial charge is 0.299 e. The molecule has 0 radical (unpaired) electrons. The molecule has 108 valence electrons. The molecule has 0 bridgehead atoms. The summed E-state index contributed by atoms with van der Waals surface area (Å²) in [4.78, 5) is 24.5. The van der Waals surface area contributed by atoms with E-state index >= 15 is 0 Å². The van der Waals surface area contributed by atoms with Crippen molar-refractivity contribution in [2.45, 2.75) is 66.8 Å². The molecule has 0 aliphatic rings. The van der Waals surface area contributed by atoms with Crippen molar-refractivity contribution >= 4 is 5.78 Å². The van der Waals surface area contributed by atoms with E-state index in [4.69, 9.17) is 0 Å². The normalized spacial score (nSPS) is 11.8. The molecule has 0 saturated carbocycles. The number of nitrogens with one attached hydrogen (secondary N) is 1. The van der Waals surface area contributed by atoms with E-state index in [9.17, 15) is 9.59 Å². The Bertz CT molecular complexity index is 489. The summed E-state index contributed by atoms with van der Waals surface area (Å²) in [5.41, 5.74) is 0.309. The number of aromatic nitrogens is 2. The summed E-state index contributed by atoms with van der Waals surface area (Å²) < 4.78 is 1.57. The SMILES string of the molecule is CCCCCCn1[nH]c(C)c(C(=O)C(C)(C)C)c1=O. The third kappa shape index (κ3) is 3.82. The second-order valence-electron chi connectivity index (χ2n) is 6.21. The summed E-state index contributed by atoms with van der Waals surface area (Å²) in [6.07, 6.45) is 4.44. The van der Waals surface area contributed by atoms with Gasteiger partial charge in [-0.3, -0.25) is 19.4 Å². The van der Waals surface area contributed by atoms with Gasteiger partial charge in [-0.2, -0.15) is 0 Å². The molecule has 1 aromatic rings. The minimum atomic E-state index is -0.522. The lowest BCUT2D eigenvalue weighted by atomic mass is 9.87. The molecular formula is C15H26N2O2. The summed E-state index contributed by atoms with van der Waals surface area (Å²) in [5.74, 6) is -0.0847. The zero-order chi connectivity index (χ0) is 14.6. The van der Waals surface area contributed by atoms with Crippen molar-refractivity contribution in [1.29, 1.82) is 0 Å². The highest BCUT2D eigenvalue weighted by Gasteiger charge is 2.28. The van der Waals surface area contributed by atoms with Crippen molar-refractivity contribution in [1.82, 2.24) is 9.78 Å². The van der Waals surface area contributed by atoms with Crippen LogP contribution in [0.5, 0.6) is 0 Å². The number of hydrogen-bond donors (Lipinski definition) is 1. The lowest BCUT2D eigenvalue weighted by molar-refractivity contribution is 0.0856. The summed E-state index contributed by atoms with van der Waals surface area (Å²) in [5, 5.41) is 3.03. The topological polar surface area (TPSA) is 54.9 Å². The number of unbranched alkanes of at least 4 members (excludes halogenated alkanes) is 3. The molecule has 1 rings (SSSR count). The Hall–Kier alpha value is -1.32. The van der Waals surface area contributed by atoms with Crippen LogP contribution in [0.2, 0.25) is 0 Å². The maximum atomic E-state index is 12.3. The Morgan fingerprint density at radius 1 is 1.21 bits per heavy atom. The molecule has 19 heavy (non-hydrogen) atoms. The molecule has 0 fully saturated rings. The summed E-state index contributed by atoms with van der Waals surface area (Å²) in [6.45, 7) is 10.1. The predicted molar refractivity (Wildman–Crippen MR) is 77.7 cm³/mol. The van der Waals surface area contributed by atoms with Crippen LogP contribution in [0.25, 0.3) is 0 Å². The highest BCUT2D eigenvalue weighted by molar-refractivity contribution is 6.00. The highest BCUT2D eigenvalue weighted by Crippen LogP contribution is 2.20. The van der Waals surface area contributed by atoms with Crippen molar-refractivity contribution in [3.63, 3.8) is 0 Å². The average Bonchev–Trinajstić information content (AvgIpc) is 2.58. The van der Waals surface area contributed by atoms with Gasteiger partial charge in [-0.1, -0.05) is 47.0 Å². The molecule has 0 spiro atoms. The summed E-state index contributed by atoms with van der Waals surface area (Å²) in [7, 11) is 0. The van der Waals surface area contributed by atoms with Crippen LogP contribution in [0.3, 0.4) is 0 Å². The number of rotatable bonds is 6. The zero-order valence-electron chi connectivity index (χ0n) is 12.8. The van der Waals surface area contributed by atoms with Crippen molar-refractivity contribution in [2.75, 3.05) is 0 Å². The smallest absolute Gasteiger partial charge is 0.277 e. The fourth-order valence-corrected chi connectivity index (χ4v) is 2.10. The van der Waals surface area contributed by atoms with Gasteiger partial charge in [0.05, 0.1) is 0 Å². The molecule has 1 N–H and O–H groups in total. The van der Waals surface area contributed by atoms with Gasteiger partial charge in [0.15, 0.2) is 5.78 Å². The van der Waals surface area contributed by atoms with Crippen molar-refractivity contribution < 1.29 is 4.79 Å². The van der Waals surface area contributed by atoms with Gasteiger partial charge in [0.2, 0.25) is 0 Å². The van der Waals surface area contributed by atoms with Crippen molar-refractivity contribution in [3.05, 3.63) is 21.6 Å². The van der Waals surface area contributed by atoms with E-state index in [1.54, 1.807) is 11.6 Å². The third-order valence-electron chi connectivity index (χ3n) is 3.28. The lowest BCUT2D eigenvalue weighted by Gasteiger charge is -2.14. The first-order chi connectivity index (χ1) is 8.79. The van der Waals surface area contributed by atoms with Crippen LogP contribution in [-0.4, -0.2) is 15.6 Å². The second kappa shape index (κ2) is 6.22. The zero-order valence-corrected chi connectivity index (χ0v) is 12.8. The molecule has 4 nitrogen and oxygen atoms in total. The molecule has 1 aromatic heterocycles. The fraction of sp³-hybridized carbons (Fsp3) is 0.733. The second-order valence-corrected chi connectivity index (χ2v) is 6.21. The number of carbonyl (C=O) groups excluding carboxylic acids is 1. The Morgan fingerprint density at radius 2 is 1.84 bits per heavy atom. The Kier molecular flexibility index (Phi) is 5.15. The molecule has 1 heterocycles. The van der Waals surface area contributed by atoms with Gasteiger partial charge in [-0.15, -0.1) is 0 Å². The summed E-state index contributed by atoms with van der Waals surface area (Å²) in [6, 6.07) is 0.